The van der Waals surface area contributed by atoms with Gasteiger partial charge in [-0.2, -0.15) is 0 Å². The molecular formula is C16H28N2OS. The first-order chi connectivity index (χ1) is 9.37. The molecule has 1 unspecified atom stereocenters. The fourth-order valence-electron chi connectivity index (χ4n) is 2.61. The Morgan fingerprint density at radius 2 is 2.15 bits per heavy atom. The van der Waals surface area contributed by atoms with Crippen molar-refractivity contribution in [2.24, 2.45) is 0 Å². The Hall–Kier alpha value is -0.450. The molecule has 0 bridgehead atoms. The van der Waals surface area contributed by atoms with E-state index in [4.69, 9.17) is 9.72 Å². The average Bonchev–Trinajstić information content (AvgIpc) is 2.96. The summed E-state index contributed by atoms with van der Waals surface area (Å²) in [7, 11) is 0. The summed E-state index contributed by atoms with van der Waals surface area (Å²) in [6.45, 7) is 14.0. The van der Waals surface area contributed by atoms with E-state index < -0.39 is 0 Å². The zero-order chi connectivity index (χ0) is 14.8. The number of ether oxygens (including phenoxy) is 1. The summed E-state index contributed by atoms with van der Waals surface area (Å²) in [5, 5.41) is 4.67. The lowest BCUT2D eigenvalue weighted by atomic mass is 9.91. The molecule has 0 amide bonds. The van der Waals surface area contributed by atoms with Crippen molar-refractivity contribution in [2.75, 3.05) is 13.2 Å². The van der Waals surface area contributed by atoms with Crippen LogP contribution in [0.25, 0.3) is 0 Å². The van der Waals surface area contributed by atoms with Gasteiger partial charge in [-0.05, 0) is 32.7 Å². The summed E-state index contributed by atoms with van der Waals surface area (Å²) < 4.78 is 5.96. The van der Waals surface area contributed by atoms with E-state index in [0.29, 0.717) is 0 Å². The monoisotopic (exact) mass is 296 g/mol. The minimum atomic E-state index is -0.159. The maximum atomic E-state index is 5.96. The lowest BCUT2D eigenvalue weighted by Gasteiger charge is -2.20. The van der Waals surface area contributed by atoms with Crippen molar-refractivity contribution < 1.29 is 4.74 Å². The van der Waals surface area contributed by atoms with Crippen molar-refractivity contribution in [3.8, 4) is 0 Å². The van der Waals surface area contributed by atoms with Crippen molar-refractivity contribution >= 4 is 11.3 Å². The second kappa shape index (κ2) is 6.12. The third-order valence-corrected chi connectivity index (χ3v) is 5.09. The van der Waals surface area contributed by atoms with E-state index in [1.54, 1.807) is 0 Å². The Morgan fingerprint density at radius 1 is 1.40 bits per heavy atom. The van der Waals surface area contributed by atoms with Gasteiger partial charge in [-0.1, -0.05) is 27.7 Å². The standard InChI is InChI=1S/C16H28N2OS/c1-6-9-17-11-12-13(15(2,3)4)18-14(20-12)16(5)8-7-10-19-16/h17H,6-11H2,1-5H3. The molecule has 1 N–H and O–H groups in total. The highest BCUT2D eigenvalue weighted by atomic mass is 32.1. The highest BCUT2D eigenvalue weighted by Gasteiger charge is 2.37. The summed E-state index contributed by atoms with van der Waals surface area (Å²) in [5.41, 5.74) is 1.17. The second-order valence-electron chi connectivity index (χ2n) is 6.90. The molecule has 1 fully saturated rings. The highest BCUT2D eigenvalue weighted by Crippen LogP contribution is 2.40. The van der Waals surface area contributed by atoms with Gasteiger partial charge in [0.15, 0.2) is 0 Å². The van der Waals surface area contributed by atoms with Gasteiger partial charge in [0, 0.05) is 23.4 Å². The molecular weight excluding hydrogens is 268 g/mol. The molecule has 0 aromatic carbocycles. The average molecular weight is 296 g/mol. The minimum absolute atomic E-state index is 0.0902. The van der Waals surface area contributed by atoms with Crippen molar-refractivity contribution in [1.29, 1.82) is 0 Å². The molecule has 1 aromatic rings. The van der Waals surface area contributed by atoms with E-state index in [1.165, 1.54) is 10.6 Å². The molecule has 1 aliphatic rings. The normalized spacial score (nSPS) is 23.4. The van der Waals surface area contributed by atoms with Crippen LogP contribution in [0.2, 0.25) is 0 Å². The zero-order valence-electron chi connectivity index (χ0n) is 13.5. The van der Waals surface area contributed by atoms with Gasteiger partial charge < -0.3 is 10.1 Å². The summed E-state index contributed by atoms with van der Waals surface area (Å²) in [6.07, 6.45) is 3.40. The number of nitrogens with one attached hydrogen (secondary N) is 1. The largest absolute Gasteiger partial charge is 0.368 e. The van der Waals surface area contributed by atoms with Gasteiger partial charge in [0.25, 0.3) is 0 Å². The first kappa shape index (κ1) is 15.9. The molecule has 20 heavy (non-hydrogen) atoms. The SMILES string of the molecule is CCCNCc1sc(C2(C)CCCO2)nc1C(C)(C)C. The van der Waals surface area contributed by atoms with Crippen molar-refractivity contribution in [1.82, 2.24) is 10.3 Å². The van der Waals surface area contributed by atoms with E-state index in [2.05, 4.69) is 39.9 Å². The molecule has 1 aromatic heterocycles. The fourth-order valence-corrected chi connectivity index (χ4v) is 3.98. The maximum Gasteiger partial charge on any atom is 0.125 e. The molecule has 4 heteroatoms. The number of thiazole rings is 1. The van der Waals surface area contributed by atoms with E-state index in [0.717, 1.165) is 44.0 Å². The van der Waals surface area contributed by atoms with Crippen molar-refractivity contribution in [3.63, 3.8) is 0 Å². The van der Waals surface area contributed by atoms with Gasteiger partial charge >= 0.3 is 0 Å². The molecule has 1 atom stereocenters. The topological polar surface area (TPSA) is 34.1 Å². The second-order valence-corrected chi connectivity index (χ2v) is 7.98. The smallest absolute Gasteiger partial charge is 0.125 e. The molecule has 1 saturated heterocycles. The van der Waals surface area contributed by atoms with Crippen LogP contribution in [-0.4, -0.2) is 18.1 Å². The number of aromatic nitrogens is 1. The predicted octanol–water partition coefficient (Wildman–Crippen LogP) is 3.97. The summed E-state index contributed by atoms with van der Waals surface area (Å²) in [5.74, 6) is 0. The first-order valence-electron chi connectivity index (χ1n) is 7.72. The number of rotatable bonds is 5. The minimum Gasteiger partial charge on any atom is -0.368 e. The predicted molar refractivity (Wildman–Crippen MR) is 85.3 cm³/mol. The molecule has 2 rings (SSSR count). The van der Waals surface area contributed by atoms with Crippen LogP contribution in [0, 0.1) is 0 Å². The fraction of sp³-hybridized carbons (Fsp3) is 0.812. The molecule has 0 spiro atoms. The van der Waals surface area contributed by atoms with Crippen LogP contribution in [0.1, 0.15) is 69.5 Å². The van der Waals surface area contributed by atoms with Crippen molar-refractivity contribution in [2.45, 2.75) is 71.4 Å². The van der Waals surface area contributed by atoms with Crippen LogP contribution in [0.5, 0.6) is 0 Å². The Bertz CT molecular complexity index is 442. The van der Waals surface area contributed by atoms with Crippen molar-refractivity contribution in [3.05, 3.63) is 15.6 Å². The van der Waals surface area contributed by atoms with E-state index in [-0.39, 0.29) is 11.0 Å². The Balaban J connectivity index is 2.27. The summed E-state index contributed by atoms with van der Waals surface area (Å²) >= 11 is 1.83. The number of hydrogen-bond donors (Lipinski definition) is 1. The Labute approximate surface area is 127 Å². The van der Waals surface area contributed by atoms with E-state index in [9.17, 15) is 0 Å². The van der Waals surface area contributed by atoms with E-state index in [1.807, 2.05) is 11.3 Å². The van der Waals surface area contributed by atoms with Crippen LogP contribution in [0.3, 0.4) is 0 Å². The Kier molecular flexibility index (Phi) is 4.88. The zero-order valence-corrected chi connectivity index (χ0v) is 14.3. The van der Waals surface area contributed by atoms with Crippen LogP contribution in [0.15, 0.2) is 0 Å². The van der Waals surface area contributed by atoms with Crippen LogP contribution in [-0.2, 0) is 22.3 Å². The Morgan fingerprint density at radius 3 is 2.70 bits per heavy atom. The molecule has 1 aliphatic heterocycles. The van der Waals surface area contributed by atoms with Gasteiger partial charge in [-0.3, -0.25) is 0 Å². The maximum absolute atomic E-state index is 5.96. The lowest BCUT2D eigenvalue weighted by molar-refractivity contribution is 0.0164. The van der Waals surface area contributed by atoms with Gasteiger partial charge in [-0.25, -0.2) is 4.98 Å². The highest BCUT2D eigenvalue weighted by molar-refractivity contribution is 7.11. The van der Waals surface area contributed by atoms with Crippen LogP contribution >= 0.6 is 11.3 Å². The number of hydrogen-bond acceptors (Lipinski definition) is 4. The third-order valence-electron chi connectivity index (χ3n) is 3.79. The summed E-state index contributed by atoms with van der Waals surface area (Å²) in [6, 6.07) is 0. The molecule has 3 nitrogen and oxygen atoms in total. The molecule has 0 aliphatic carbocycles. The van der Waals surface area contributed by atoms with Crippen LogP contribution < -0.4 is 5.32 Å². The van der Waals surface area contributed by atoms with Gasteiger partial charge in [0.05, 0.1) is 5.69 Å². The van der Waals surface area contributed by atoms with Gasteiger partial charge in [0.1, 0.15) is 10.6 Å². The molecule has 0 saturated carbocycles. The van der Waals surface area contributed by atoms with Gasteiger partial charge in [0.2, 0.25) is 0 Å². The van der Waals surface area contributed by atoms with E-state index >= 15 is 0 Å². The molecule has 0 radical (unpaired) electrons. The summed E-state index contributed by atoms with van der Waals surface area (Å²) in [4.78, 5) is 6.34. The first-order valence-corrected chi connectivity index (χ1v) is 8.54. The number of nitrogens with zero attached hydrogens (tertiary/aromatic N) is 1. The molecule has 114 valence electrons. The molecule has 2 heterocycles. The quantitative estimate of drug-likeness (QED) is 0.835. The third kappa shape index (κ3) is 3.41. The van der Waals surface area contributed by atoms with Crippen LogP contribution in [0.4, 0.5) is 0 Å². The van der Waals surface area contributed by atoms with Gasteiger partial charge in [-0.15, -0.1) is 11.3 Å². The lowest BCUT2D eigenvalue weighted by Crippen LogP contribution is -2.21.